The molecule has 1 aliphatic rings. The summed E-state index contributed by atoms with van der Waals surface area (Å²) in [6.45, 7) is 5.59. The van der Waals surface area contributed by atoms with Gasteiger partial charge in [0.25, 0.3) is 6.29 Å². The van der Waals surface area contributed by atoms with Crippen molar-refractivity contribution >= 4 is 11.9 Å². The SMILES string of the molecule is C=CCO[C@H]1O[C@H](COC(C)=O)[C@H](OC(C)=O)C=C1[N+](=O)[O-]. The molecular weight excluding hydrogens is 298 g/mol. The summed E-state index contributed by atoms with van der Waals surface area (Å²) >= 11 is 0. The van der Waals surface area contributed by atoms with Crippen LogP contribution in [-0.2, 0) is 28.5 Å². The average molecular weight is 315 g/mol. The number of nitrogens with zero attached hydrogens (tertiary/aromatic N) is 1. The van der Waals surface area contributed by atoms with Gasteiger partial charge >= 0.3 is 17.6 Å². The Bertz CT molecular complexity index is 486. The van der Waals surface area contributed by atoms with Crippen LogP contribution in [0.25, 0.3) is 0 Å². The number of carbonyl (C=O) groups excluding carboxylic acids is 2. The zero-order chi connectivity index (χ0) is 16.7. The van der Waals surface area contributed by atoms with Crippen molar-refractivity contribution in [2.45, 2.75) is 32.3 Å². The van der Waals surface area contributed by atoms with Gasteiger partial charge in [-0.3, -0.25) is 19.7 Å². The van der Waals surface area contributed by atoms with E-state index in [1.165, 1.54) is 13.0 Å². The van der Waals surface area contributed by atoms with Crippen molar-refractivity contribution in [3.63, 3.8) is 0 Å². The summed E-state index contributed by atoms with van der Waals surface area (Å²) in [5.74, 6) is -1.20. The highest BCUT2D eigenvalue weighted by Crippen LogP contribution is 2.24. The van der Waals surface area contributed by atoms with Gasteiger partial charge in [-0.2, -0.15) is 0 Å². The number of rotatable bonds is 7. The molecule has 0 unspecified atom stereocenters. The lowest BCUT2D eigenvalue weighted by atomic mass is 10.1. The van der Waals surface area contributed by atoms with E-state index < -0.39 is 41.1 Å². The molecule has 0 saturated heterocycles. The summed E-state index contributed by atoms with van der Waals surface area (Å²) in [6, 6.07) is 0. The van der Waals surface area contributed by atoms with Crippen LogP contribution in [0.4, 0.5) is 0 Å². The second-order valence-corrected chi connectivity index (χ2v) is 4.35. The molecule has 0 aliphatic carbocycles. The van der Waals surface area contributed by atoms with Crippen molar-refractivity contribution in [2.75, 3.05) is 13.2 Å². The van der Waals surface area contributed by atoms with Crippen LogP contribution in [-0.4, -0.2) is 48.6 Å². The van der Waals surface area contributed by atoms with Gasteiger partial charge in [-0.05, 0) is 0 Å². The molecule has 0 spiro atoms. The molecule has 0 aromatic heterocycles. The molecule has 0 aromatic carbocycles. The zero-order valence-electron chi connectivity index (χ0n) is 12.2. The van der Waals surface area contributed by atoms with Gasteiger partial charge in [0.05, 0.1) is 11.5 Å². The molecule has 122 valence electrons. The van der Waals surface area contributed by atoms with E-state index in [1.807, 2.05) is 0 Å². The van der Waals surface area contributed by atoms with E-state index >= 15 is 0 Å². The second kappa shape index (κ2) is 8.25. The fraction of sp³-hybridized carbons (Fsp3) is 0.538. The van der Waals surface area contributed by atoms with Gasteiger partial charge in [-0.1, -0.05) is 6.08 Å². The lowest BCUT2D eigenvalue weighted by Crippen LogP contribution is -2.45. The minimum Gasteiger partial charge on any atom is -0.463 e. The highest BCUT2D eigenvalue weighted by Gasteiger charge is 2.41. The van der Waals surface area contributed by atoms with E-state index in [9.17, 15) is 19.7 Å². The number of esters is 2. The smallest absolute Gasteiger partial charge is 0.303 e. The van der Waals surface area contributed by atoms with Crippen molar-refractivity contribution in [3.05, 3.63) is 34.5 Å². The molecule has 22 heavy (non-hydrogen) atoms. The fourth-order valence-electron chi connectivity index (χ4n) is 1.72. The third-order valence-electron chi connectivity index (χ3n) is 2.57. The molecule has 1 heterocycles. The first-order valence-corrected chi connectivity index (χ1v) is 6.39. The first-order valence-electron chi connectivity index (χ1n) is 6.39. The van der Waals surface area contributed by atoms with E-state index in [-0.39, 0.29) is 13.2 Å². The number of nitro groups is 1. The predicted molar refractivity (Wildman–Crippen MR) is 72.1 cm³/mol. The van der Waals surface area contributed by atoms with Crippen molar-refractivity contribution in [3.8, 4) is 0 Å². The molecule has 3 atom stereocenters. The van der Waals surface area contributed by atoms with E-state index in [1.54, 1.807) is 0 Å². The minimum atomic E-state index is -1.28. The number of ether oxygens (including phenoxy) is 4. The molecule has 0 aromatic rings. The van der Waals surface area contributed by atoms with Gasteiger partial charge in [0.2, 0.25) is 0 Å². The lowest BCUT2D eigenvalue weighted by molar-refractivity contribution is -0.455. The van der Waals surface area contributed by atoms with Gasteiger partial charge in [-0.15, -0.1) is 6.58 Å². The monoisotopic (exact) mass is 315 g/mol. The second-order valence-electron chi connectivity index (χ2n) is 4.35. The van der Waals surface area contributed by atoms with Crippen LogP contribution in [0.15, 0.2) is 24.4 Å². The molecule has 0 radical (unpaired) electrons. The van der Waals surface area contributed by atoms with Crippen LogP contribution in [0.5, 0.6) is 0 Å². The summed E-state index contributed by atoms with van der Waals surface area (Å²) in [6.07, 6.45) is -0.722. The first kappa shape index (κ1) is 17.8. The topological polar surface area (TPSA) is 114 Å². The fourth-order valence-corrected chi connectivity index (χ4v) is 1.72. The summed E-state index contributed by atoms with van der Waals surface area (Å²) in [4.78, 5) is 32.4. The van der Waals surface area contributed by atoms with Crippen LogP contribution in [0.1, 0.15) is 13.8 Å². The Morgan fingerprint density at radius 3 is 2.64 bits per heavy atom. The van der Waals surface area contributed by atoms with E-state index in [2.05, 4.69) is 6.58 Å². The molecule has 0 bridgehead atoms. The Morgan fingerprint density at radius 1 is 1.45 bits per heavy atom. The first-order chi connectivity index (χ1) is 10.3. The molecule has 9 nitrogen and oxygen atoms in total. The predicted octanol–water partition coefficient (Wildman–Crippen LogP) is 0.569. The Kier molecular flexibility index (Phi) is 6.67. The van der Waals surface area contributed by atoms with Gasteiger partial charge in [0.1, 0.15) is 12.7 Å². The van der Waals surface area contributed by atoms with E-state index in [0.717, 1.165) is 13.0 Å². The van der Waals surface area contributed by atoms with Crippen LogP contribution < -0.4 is 0 Å². The largest absolute Gasteiger partial charge is 0.463 e. The molecule has 0 N–H and O–H groups in total. The molecule has 0 amide bonds. The molecule has 9 heteroatoms. The van der Waals surface area contributed by atoms with Crippen molar-refractivity contribution in [2.24, 2.45) is 0 Å². The normalized spacial score (nSPS) is 24.1. The summed E-state index contributed by atoms with van der Waals surface area (Å²) in [5.41, 5.74) is -0.396. The van der Waals surface area contributed by atoms with Crippen molar-refractivity contribution in [1.29, 1.82) is 0 Å². The Morgan fingerprint density at radius 2 is 2.14 bits per heavy atom. The standard InChI is InChI=1S/C13H17NO8/c1-4-5-19-13-10(14(17)18)6-11(21-9(3)16)12(22-13)7-20-8(2)15/h4,6,11-13H,1,5,7H2,2-3H3/t11-,12-,13+/m1/s1. The van der Waals surface area contributed by atoms with Crippen molar-refractivity contribution < 1.29 is 33.5 Å². The van der Waals surface area contributed by atoms with Crippen LogP contribution in [0.2, 0.25) is 0 Å². The number of hydrogen-bond acceptors (Lipinski definition) is 8. The minimum absolute atomic E-state index is 0.0222. The van der Waals surface area contributed by atoms with Gasteiger partial charge in [-0.25, -0.2) is 0 Å². The Labute approximate surface area is 126 Å². The molecule has 0 fully saturated rings. The maximum absolute atomic E-state index is 11.1. The van der Waals surface area contributed by atoms with Crippen LogP contribution in [0, 0.1) is 10.1 Å². The van der Waals surface area contributed by atoms with E-state index in [0.29, 0.717) is 0 Å². The summed E-state index contributed by atoms with van der Waals surface area (Å²) in [7, 11) is 0. The molecular formula is C13H17NO8. The molecule has 0 saturated carbocycles. The lowest BCUT2D eigenvalue weighted by Gasteiger charge is -2.31. The highest BCUT2D eigenvalue weighted by atomic mass is 16.7. The van der Waals surface area contributed by atoms with Crippen molar-refractivity contribution in [1.82, 2.24) is 0 Å². The van der Waals surface area contributed by atoms with Gasteiger partial charge in [0, 0.05) is 19.9 Å². The number of hydrogen-bond donors (Lipinski definition) is 0. The summed E-state index contributed by atoms with van der Waals surface area (Å²) in [5, 5.41) is 11.1. The summed E-state index contributed by atoms with van der Waals surface area (Å²) < 4.78 is 20.3. The number of carbonyl (C=O) groups is 2. The molecule has 1 rings (SSSR count). The molecule has 1 aliphatic heterocycles. The average Bonchev–Trinajstić information content (AvgIpc) is 2.43. The van der Waals surface area contributed by atoms with Crippen LogP contribution >= 0.6 is 0 Å². The van der Waals surface area contributed by atoms with Gasteiger partial charge < -0.3 is 18.9 Å². The highest BCUT2D eigenvalue weighted by molar-refractivity contribution is 5.66. The Hall–Kier alpha value is -2.26. The maximum Gasteiger partial charge on any atom is 0.303 e. The van der Waals surface area contributed by atoms with Gasteiger partial charge in [0.15, 0.2) is 6.10 Å². The zero-order valence-corrected chi connectivity index (χ0v) is 12.2. The Balaban J connectivity index is 2.98. The van der Waals surface area contributed by atoms with E-state index in [4.69, 9.17) is 18.9 Å². The quantitative estimate of drug-likeness (QED) is 0.290. The van der Waals surface area contributed by atoms with Crippen LogP contribution in [0.3, 0.4) is 0 Å². The third-order valence-corrected chi connectivity index (χ3v) is 2.57. The maximum atomic E-state index is 11.1. The third kappa shape index (κ3) is 5.26.